The number of amides is 1. The zero-order chi connectivity index (χ0) is 20.6. The first-order valence-corrected chi connectivity index (χ1v) is 10.7. The molecule has 0 aliphatic carbocycles. The highest BCUT2D eigenvalue weighted by atomic mass is 16.5. The molecular formula is C23H32N4O2. The Balaban J connectivity index is 1.58. The van der Waals surface area contributed by atoms with E-state index in [1.807, 2.05) is 41.3 Å². The van der Waals surface area contributed by atoms with Crippen LogP contribution in [0.15, 0.2) is 36.4 Å². The summed E-state index contributed by atoms with van der Waals surface area (Å²) >= 11 is 0. The number of hydrogen-bond donors (Lipinski definition) is 0. The van der Waals surface area contributed by atoms with Gasteiger partial charge in [0.2, 0.25) is 5.91 Å². The molecule has 6 heteroatoms. The third-order valence-electron chi connectivity index (χ3n) is 5.58. The highest BCUT2D eigenvalue weighted by Crippen LogP contribution is 2.23. The number of aromatic nitrogens is 2. The van der Waals surface area contributed by atoms with Gasteiger partial charge < -0.3 is 14.5 Å². The summed E-state index contributed by atoms with van der Waals surface area (Å²) in [6.45, 7) is 7.42. The van der Waals surface area contributed by atoms with Crippen LogP contribution < -0.4 is 9.64 Å². The molecule has 1 aromatic carbocycles. The van der Waals surface area contributed by atoms with Gasteiger partial charge >= 0.3 is 0 Å². The third kappa shape index (κ3) is 5.25. The maximum atomic E-state index is 12.8. The van der Waals surface area contributed by atoms with Crippen molar-refractivity contribution in [3.63, 3.8) is 0 Å². The molecule has 0 atom stereocenters. The summed E-state index contributed by atoms with van der Waals surface area (Å²) in [4.78, 5) is 17.1. The highest BCUT2D eigenvalue weighted by molar-refractivity contribution is 5.79. The Morgan fingerprint density at radius 1 is 0.966 bits per heavy atom. The van der Waals surface area contributed by atoms with Crippen LogP contribution in [0.4, 0.5) is 5.82 Å². The van der Waals surface area contributed by atoms with E-state index >= 15 is 0 Å². The molecule has 0 spiro atoms. The molecule has 0 saturated carbocycles. The Morgan fingerprint density at radius 3 is 2.14 bits per heavy atom. The predicted molar refractivity (Wildman–Crippen MR) is 116 cm³/mol. The monoisotopic (exact) mass is 396 g/mol. The van der Waals surface area contributed by atoms with Crippen molar-refractivity contribution in [1.29, 1.82) is 0 Å². The lowest BCUT2D eigenvalue weighted by Gasteiger charge is -2.36. The van der Waals surface area contributed by atoms with Crippen molar-refractivity contribution < 1.29 is 9.53 Å². The number of carbonyl (C=O) groups excluding carboxylic acids is 1. The van der Waals surface area contributed by atoms with Crippen molar-refractivity contribution >= 4 is 11.7 Å². The molecule has 1 amide bonds. The van der Waals surface area contributed by atoms with Crippen molar-refractivity contribution in [2.75, 3.05) is 38.2 Å². The van der Waals surface area contributed by atoms with E-state index in [0.717, 1.165) is 74.7 Å². The lowest BCUT2D eigenvalue weighted by molar-refractivity contribution is -0.136. The fourth-order valence-corrected chi connectivity index (χ4v) is 3.91. The van der Waals surface area contributed by atoms with Gasteiger partial charge in [-0.25, -0.2) is 0 Å². The van der Waals surface area contributed by atoms with Crippen LogP contribution in [0.25, 0.3) is 11.3 Å². The van der Waals surface area contributed by atoms with E-state index in [-0.39, 0.29) is 5.92 Å². The maximum absolute atomic E-state index is 12.8. The van der Waals surface area contributed by atoms with E-state index in [9.17, 15) is 4.79 Å². The van der Waals surface area contributed by atoms with Crippen LogP contribution in [0.2, 0.25) is 0 Å². The van der Waals surface area contributed by atoms with Crippen LogP contribution in [0.1, 0.15) is 39.5 Å². The van der Waals surface area contributed by atoms with Crippen LogP contribution in [0, 0.1) is 5.92 Å². The second kappa shape index (κ2) is 10.2. The number of methoxy groups -OCH3 is 1. The van der Waals surface area contributed by atoms with E-state index < -0.39 is 0 Å². The number of hydrogen-bond acceptors (Lipinski definition) is 5. The lowest BCUT2D eigenvalue weighted by atomic mass is 9.96. The third-order valence-corrected chi connectivity index (χ3v) is 5.58. The van der Waals surface area contributed by atoms with Gasteiger partial charge in [0, 0.05) is 37.7 Å². The molecule has 0 N–H and O–H groups in total. The minimum atomic E-state index is 0.181. The van der Waals surface area contributed by atoms with Gasteiger partial charge in [-0.2, -0.15) is 0 Å². The Kier molecular flexibility index (Phi) is 7.44. The van der Waals surface area contributed by atoms with Crippen molar-refractivity contribution in [1.82, 2.24) is 15.1 Å². The Bertz CT molecular complexity index is 762. The Hall–Kier alpha value is -2.63. The van der Waals surface area contributed by atoms with Crippen LogP contribution in [0.5, 0.6) is 5.75 Å². The largest absolute Gasteiger partial charge is 0.497 e. The zero-order valence-electron chi connectivity index (χ0n) is 17.8. The minimum Gasteiger partial charge on any atom is -0.497 e. The van der Waals surface area contributed by atoms with Gasteiger partial charge in [0.25, 0.3) is 0 Å². The van der Waals surface area contributed by atoms with Crippen LogP contribution in [0.3, 0.4) is 0 Å². The number of carbonyl (C=O) groups is 1. The molecule has 0 radical (unpaired) electrons. The highest BCUT2D eigenvalue weighted by Gasteiger charge is 2.27. The standard InChI is InChI=1S/C23H32N4O2/c1-4-6-19(7-5-2)23(28)27-16-14-26(15-17-27)22-13-12-21(24-25-22)18-8-10-20(29-3)11-9-18/h8-13,19H,4-7,14-17H2,1-3H3. The topological polar surface area (TPSA) is 58.6 Å². The normalized spacial score (nSPS) is 14.3. The minimum absolute atomic E-state index is 0.181. The van der Waals surface area contributed by atoms with Gasteiger partial charge in [-0.3, -0.25) is 4.79 Å². The van der Waals surface area contributed by atoms with Gasteiger partial charge in [0.05, 0.1) is 12.8 Å². The summed E-state index contributed by atoms with van der Waals surface area (Å²) in [5.41, 5.74) is 1.85. The molecule has 1 aliphatic rings. The maximum Gasteiger partial charge on any atom is 0.225 e. The molecule has 0 unspecified atom stereocenters. The number of piperazine rings is 1. The van der Waals surface area contributed by atoms with Gasteiger partial charge in [-0.05, 0) is 49.2 Å². The van der Waals surface area contributed by atoms with E-state index in [0.29, 0.717) is 5.91 Å². The van der Waals surface area contributed by atoms with E-state index in [2.05, 4.69) is 28.9 Å². The van der Waals surface area contributed by atoms with Crippen molar-refractivity contribution in [2.24, 2.45) is 5.92 Å². The fraction of sp³-hybridized carbons (Fsp3) is 0.522. The molecule has 6 nitrogen and oxygen atoms in total. The zero-order valence-corrected chi connectivity index (χ0v) is 17.8. The average molecular weight is 397 g/mol. The fourth-order valence-electron chi connectivity index (χ4n) is 3.91. The second-order valence-corrected chi connectivity index (χ2v) is 7.59. The number of benzene rings is 1. The molecule has 1 aliphatic heterocycles. The molecule has 156 valence electrons. The number of nitrogens with zero attached hydrogens (tertiary/aromatic N) is 4. The Morgan fingerprint density at radius 2 is 1.62 bits per heavy atom. The van der Waals surface area contributed by atoms with Gasteiger partial charge in [0.1, 0.15) is 5.75 Å². The van der Waals surface area contributed by atoms with Gasteiger partial charge in [0.15, 0.2) is 5.82 Å². The van der Waals surface area contributed by atoms with Crippen LogP contribution >= 0.6 is 0 Å². The second-order valence-electron chi connectivity index (χ2n) is 7.59. The molecule has 0 bridgehead atoms. The summed E-state index contributed by atoms with van der Waals surface area (Å²) in [6, 6.07) is 11.8. The summed E-state index contributed by atoms with van der Waals surface area (Å²) < 4.78 is 5.20. The average Bonchev–Trinajstić information content (AvgIpc) is 2.79. The summed E-state index contributed by atoms with van der Waals surface area (Å²) in [5, 5.41) is 8.82. The SMILES string of the molecule is CCCC(CCC)C(=O)N1CCN(c2ccc(-c3ccc(OC)cc3)nn2)CC1. The van der Waals surface area contributed by atoms with Crippen molar-refractivity contribution in [2.45, 2.75) is 39.5 Å². The summed E-state index contributed by atoms with van der Waals surface area (Å²) in [7, 11) is 1.66. The lowest BCUT2D eigenvalue weighted by Crippen LogP contribution is -2.50. The first-order valence-electron chi connectivity index (χ1n) is 10.7. The van der Waals surface area contributed by atoms with Crippen LogP contribution in [-0.4, -0.2) is 54.3 Å². The van der Waals surface area contributed by atoms with Crippen molar-refractivity contribution in [3.05, 3.63) is 36.4 Å². The Labute approximate surface area is 173 Å². The van der Waals surface area contributed by atoms with E-state index in [1.54, 1.807) is 7.11 Å². The molecule has 29 heavy (non-hydrogen) atoms. The molecular weight excluding hydrogens is 364 g/mol. The van der Waals surface area contributed by atoms with Gasteiger partial charge in [-0.15, -0.1) is 10.2 Å². The van der Waals surface area contributed by atoms with Crippen LogP contribution in [-0.2, 0) is 4.79 Å². The molecule has 2 heterocycles. The smallest absolute Gasteiger partial charge is 0.225 e. The van der Waals surface area contributed by atoms with Gasteiger partial charge in [-0.1, -0.05) is 26.7 Å². The molecule has 1 fully saturated rings. The number of rotatable bonds is 8. The first-order chi connectivity index (χ1) is 14.2. The van der Waals surface area contributed by atoms with E-state index in [4.69, 9.17) is 4.74 Å². The molecule has 1 aromatic heterocycles. The number of ether oxygens (including phenoxy) is 1. The van der Waals surface area contributed by atoms with Crippen molar-refractivity contribution in [3.8, 4) is 17.0 Å². The number of anilines is 1. The summed E-state index contributed by atoms with van der Waals surface area (Å²) in [6.07, 6.45) is 4.11. The molecule has 3 rings (SSSR count). The summed E-state index contributed by atoms with van der Waals surface area (Å²) in [5.74, 6) is 2.20. The molecule has 2 aromatic rings. The molecule has 1 saturated heterocycles. The quantitative estimate of drug-likeness (QED) is 0.675. The van der Waals surface area contributed by atoms with E-state index in [1.165, 1.54) is 0 Å². The predicted octanol–water partition coefficient (Wildman–Crippen LogP) is 4.02. The first kappa shape index (κ1) is 21.1.